The molecule has 28 heavy (non-hydrogen) atoms. The van der Waals surface area contributed by atoms with Crippen LogP contribution in [0.15, 0.2) is 36.4 Å². The minimum absolute atomic E-state index is 0.00954. The second-order valence-corrected chi connectivity index (χ2v) is 9.88. The van der Waals surface area contributed by atoms with E-state index in [1.165, 1.54) is 18.2 Å². The molecule has 13 heteroatoms. The molecule has 1 aliphatic heterocycles. The third kappa shape index (κ3) is 4.22. The number of hydrogen-bond acceptors (Lipinski definition) is 7. The van der Waals surface area contributed by atoms with E-state index in [1.807, 2.05) is 0 Å². The van der Waals surface area contributed by atoms with E-state index >= 15 is 0 Å². The van der Waals surface area contributed by atoms with Crippen LogP contribution in [0, 0.1) is 0 Å². The van der Waals surface area contributed by atoms with Crippen LogP contribution in [0.2, 0.25) is 0 Å². The number of sulfonamides is 2. The first-order valence-electron chi connectivity index (χ1n) is 7.77. The lowest BCUT2D eigenvalue weighted by Gasteiger charge is -2.18. The van der Waals surface area contributed by atoms with Gasteiger partial charge in [0.2, 0.25) is 10.0 Å². The minimum atomic E-state index is -6.24. The summed E-state index contributed by atoms with van der Waals surface area (Å²) in [6.07, 6.45) is -0.00954. The molecule has 1 heterocycles. The Labute approximate surface area is 158 Å². The zero-order valence-electron chi connectivity index (χ0n) is 14.1. The molecule has 2 aromatic rings. The second kappa shape index (κ2) is 7.15. The largest absolute Gasteiger partial charge is 0.513 e. The summed E-state index contributed by atoms with van der Waals surface area (Å²) in [4.78, 5) is 0. The fraction of sp³-hybridized carbons (Fsp3) is 0.333. The summed E-state index contributed by atoms with van der Waals surface area (Å²) in [6, 6.07) is 9.30. The van der Waals surface area contributed by atoms with Crippen molar-refractivity contribution in [2.24, 2.45) is 5.84 Å². The molecule has 1 fully saturated rings. The first-order chi connectivity index (χ1) is 12.9. The molecule has 3 rings (SSSR count). The Kier molecular flexibility index (Phi) is 5.31. The van der Waals surface area contributed by atoms with Crippen molar-refractivity contribution in [2.45, 2.75) is 17.4 Å². The number of hydrazine groups is 1. The lowest BCUT2D eigenvalue weighted by molar-refractivity contribution is -0.0469. The Morgan fingerprint density at radius 1 is 1.18 bits per heavy atom. The van der Waals surface area contributed by atoms with Gasteiger partial charge in [0, 0.05) is 0 Å². The van der Waals surface area contributed by atoms with E-state index in [9.17, 15) is 30.0 Å². The number of halogens is 3. The zero-order valence-corrected chi connectivity index (χ0v) is 15.7. The molecule has 0 spiro atoms. The smallest absolute Gasteiger partial charge is 0.491 e. The van der Waals surface area contributed by atoms with E-state index in [2.05, 4.69) is 0 Å². The highest BCUT2D eigenvalue weighted by molar-refractivity contribution is 8.03. The topological polar surface area (TPSA) is 119 Å². The van der Waals surface area contributed by atoms with E-state index in [-0.39, 0.29) is 11.7 Å². The summed E-state index contributed by atoms with van der Waals surface area (Å²) in [5.41, 5.74) is -5.78. The molecule has 154 valence electrons. The molecular weight excluding hydrogens is 425 g/mol. The highest BCUT2D eigenvalue weighted by Crippen LogP contribution is 2.30. The Hall–Kier alpha value is -1.93. The van der Waals surface area contributed by atoms with Crippen LogP contribution in [-0.2, 0) is 30.5 Å². The molecule has 0 aliphatic carbocycles. The number of rotatable bonds is 7. The summed E-state index contributed by atoms with van der Waals surface area (Å²) in [5, 5.41) is 0.961. The van der Waals surface area contributed by atoms with Crippen LogP contribution in [0.4, 0.5) is 13.2 Å². The molecule has 0 saturated carbocycles. The summed E-state index contributed by atoms with van der Waals surface area (Å²) in [6.45, 7) is 0.878. The SMILES string of the molecule is NN(S(=O)(=O)Cc1cccc2ccc(OCC3CO3)cc12)S(=O)(=O)C(F)(F)F. The van der Waals surface area contributed by atoms with Crippen molar-refractivity contribution >= 4 is 30.8 Å². The lowest BCUT2D eigenvalue weighted by atomic mass is 10.1. The summed E-state index contributed by atoms with van der Waals surface area (Å²) in [5.74, 6) is 4.18. The quantitative estimate of drug-likeness (QED) is 0.393. The molecule has 8 nitrogen and oxygen atoms in total. The first-order valence-corrected chi connectivity index (χ1v) is 10.8. The van der Waals surface area contributed by atoms with Crippen LogP contribution in [0.1, 0.15) is 5.56 Å². The highest BCUT2D eigenvalue weighted by Gasteiger charge is 2.53. The van der Waals surface area contributed by atoms with Gasteiger partial charge in [0.1, 0.15) is 18.5 Å². The van der Waals surface area contributed by atoms with Gasteiger partial charge >= 0.3 is 15.5 Å². The van der Waals surface area contributed by atoms with Gasteiger partial charge in [-0.15, -0.1) is 0 Å². The van der Waals surface area contributed by atoms with Gasteiger partial charge in [-0.2, -0.15) is 13.2 Å². The standard InChI is InChI=1S/C15H15F3N2O6S2/c16-15(17,18)28(23,24)20(19)27(21,22)9-11-3-1-2-10-4-5-12(6-14(10)11)25-7-13-8-26-13/h1-6,13H,7-9,19H2. The zero-order chi connectivity index (χ0) is 20.7. The van der Waals surface area contributed by atoms with Crippen molar-refractivity contribution in [1.29, 1.82) is 0 Å². The van der Waals surface area contributed by atoms with Gasteiger partial charge in [0.15, 0.2) is 0 Å². The Bertz CT molecular complexity index is 1100. The predicted molar refractivity (Wildman–Crippen MR) is 92.8 cm³/mol. The minimum Gasteiger partial charge on any atom is -0.491 e. The highest BCUT2D eigenvalue weighted by atomic mass is 32.3. The molecule has 1 atom stereocenters. The van der Waals surface area contributed by atoms with Gasteiger partial charge in [-0.3, -0.25) is 0 Å². The van der Waals surface area contributed by atoms with E-state index in [0.29, 0.717) is 29.7 Å². The second-order valence-electron chi connectivity index (χ2n) is 6.00. The normalized spacial score (nSPS) is 17.8. The van der Waals surface area contributed by atoms with Crippen LogP contribution in [0.5, 0.6) is 5.75 Å². The van der Waals surface area contributed by atoms with Crippen LogP contribution in [0.3, 0.4) is 0 Å². The van der Waals surface area contributed by atoms with Gasteiger partial charge in [-0.1, -0.05) is 24.3 Å². The molecule has 0 bridgehead atoms. The summed E-state index contributed by atoms with van der Waals surface area (Å²) >= 11 is 0. The van der Waals surface area contributed by atoms with Gasteiger partial charge < -0.3 is 9.47 Å². The van der Waals surface area contributed by atoms with E-state index in [4.69, 9.17) is 15.3 Å². The molecule has 1 aliphatic rings. The Morgan fingerprint density at radius 3 is 2.46 bits per heavy atom. The lowest BCUT2D eigenvalue weighted by Crippen LogP contribution is -2.48. The van der Waals surface area contributed by atoms with Crippen molar-refractivity contribution in [1.82, 2.24) is 3.82 Å². The third-order valence-electron chi connectivity index (χ3n) is 3.92. The van der Waals surface area contributed by atoms with E-state index < -0.39 is 35.1 Å². The van der Waals surface area contributed by atoms with Crippen LogP contribution in [0.25, 0.3) is 10.8 Å². The van der Waals surface area contributed by atoms with Crippen molar-refractivity contribution in [3.05, 3.63) is 42.0 Å². The van der Waals surface area contributed by atoms with E-state index in [0.717, 1.165) is 0 Å². The van der Waals surface area contributed by atoms with Gasteiger partial charge in [0.25, 0.3) is 0 Å². The maximum absolute atomic E-state index is 12.6. The fourth-order valence-corrected chi connectivity index (χ4v) is 4.98. The number of benzene rings is 2. The summed E-state index contributed by atoms with van der Waals surface area (Å²) < 4.78 is 94.3. The molecular formula is C15H15F3N2O6S2. The molecule has 1 unspecified atom stereocenters. The average Bonchev–Trinajstić information content (AvgIpc) is 3.42. The van der Waals surface area contributed by atoms with Gasteiger partial charge in [-0.05, 0) is 32.3 Å². The Morgan fingerprint density at radius 2 is 1.86 bits per heavy atom. The Balaban J connectivity index is 1.92. The average molecular weight is 440 g/mol. The van der Waals surface area contributed by atoms with Crippen LogP contribution < -0.4 is 10.6 Å². The maximum atomic E-state index is 12.6. The molecule has 2 N–H and O–H groups in total. The molecule has 0 aromatic heterocycles. The monoisotopic (exact) mass is 440 g/mol. The van der Waals surface area contributed by atoms with Gasteiger partial charge in [-0.25, -0.2) is 22.7 Å². The van der Waals surface area contributed by atoms with Crippen LogP contribution in [-0.4, -0.2) is 45.5 Å². The molecule has 2 aromatic carbocycles. The number of alkyl halides is 3. The number of epoxide rings is 1. The van der Waals surface area contributed by atoms with Gasteiger partial charge in [0.05, 0.1) is 12.4 Å². The number of fused-ring (bicyclic) bond motifs is 1. The third-order valence-corrected chi connectivity index (χ3v) is 7.48. The number of nitrogens with two attached hydrogens (primary N) is 1. The van der Waals surface area contributed by atoms with Crippen molar-refractivity contribution in [3.8, 4) is 5.75 Å². The number of ether oxygens (including phenoxy) is 2. The number of hydrogen-bond donors (Lipinski definition) is 1. The molecule has 0 radical (unpaired) electrons. The predicted octanol–water partition coefficient (Wildman–Crippen LogP) is 1.47. The maximum Gasteiger partial charge on any atom is 0.513 e. The number of nitrogens with zero attached hydrogens (tertiary/aromatic N) is 1. The molecule has 1 saturated heterocycles. The van der Waals surface area contributed by atoms with Crippen LogP contribution >= 0.6 is 0 Å². The summed E-state index contributed by atoms with van der Waals surface area (Å²) in [7, 11) is -11.3. The van der Waals surface area contributed by atoms with Crippen molar-refractivity contribution in [2.75, 3.05) is 13.2 Å². The van der Waals surface area contributed by atoms with Crippen molar-refractivity contribution in [3.63, 3.8) is 0 Å². The van der Waals surface area contributed by atoms with Crippen molar-refractivity contribution < 1.29 is 39.5 Å². The van der Waals surface area contributed by atoms with E-state index in [1.54, 1.807) is 18.2 Å². The fourth-order valence-electron chi connectivity index (χ4n) is 2.40. The molecule has 0 amide bonds. The first kappa shape index (κ1) is 20.8.